The van der Waals surface area contributed by atoms with E-state index in [1.54, 1.807) is 15.6 Å². The summed E-state index contributed by atoms with van der Waals surface area (Å²) in [7, 11) is -3.34. The molecule has 1 saturated carbocycles. The molecule has 1 fully saturated rings. The van der Waals surface area contributed by atoms with Gasteiger partial charge < -0.3 is 5.32 Å². The van der Waals surface area contributed by atoms with Gasteiger partial charge in [-0.15, -0.1) is 11.3 Å². The topological polar surface area (TPSA) is 49.4 Å². The molecule has 21 heavy (non-hydrogen) atoms. The lowest BCUT2D eigenvalue weighted by Gasteiger charge is -2.21. The minimum absolute atomic E-state index is 0.509. The van der Waals surface area contributed by atoms with Crippen LogP contribution in [0.25, 0.3) is 0 Å². The maximum absolute atomic E-state index is 12.9. The Balaban J connectivity index is 2.21. The van der Waals surface area contributed by atoms with Crippen LogP contribution in [0.3, 0.4) is 0 Å². The van der Waals surface area contributed by atoms with Crippen molar-refractivity contribution in [3.63, 3.8) is 0 Å². The normalized spacial score (nSPS) is 15.8. The van der Waals surface area contributed by atoms with Crippen molar-refractivity contribution in [3.8, 4) is 0 Å². The Kier molecular flexibility index (Phi) is 5.82. The second-order valence-corrected chi connectivity index (χ2v) is 8.97. The average Bonchev–Trinajstić information content (AvgIpc) is 3.17. The van der Waals surface area contributed by atoms with Crippen LogP contribution in [0, 0.1) is 12.8 Å². The molecule has 0 aromatic carbocycles. The van der Waals surface area contributed by atoms with Gasteiger partial charge in [0.2, 0.25) is 10.0 Å². The van der Waals surface area contributed by atoms with Crippen molar-refractivity contribution in [1.82, 2.24) is 9.62 Å². The molecule has 1 aromatic rings. The molecule has 1 aromatic heterocycles. The number of thiophene rings is 1. The number of nitrogens with one attached hydrogen (secondary N) is 1. The van der Waals surface area contributed by atoms with E-state index in [1.807, 2.05) is 19.9 Å². The van der Waals surface area contributed by atoms with Gasteiger partial charge in [-0.1, -0.05) is 13.8 Å². The van der Waals surface area contributed by atoms with E-state index in [0.29, 0.717) is 23.9 Å². The molecule has 1 N–H and O–H groups in total. The van der Waals surface area contributed by atoms with Crippen molar-refractivity contribution in [1.29, 1.82) is 0 Å². The Morgan fingerprint density at radius 2 is 2.10 bits per heavy atom. The standard InChI is InChI=1S/C15H26N2O2S2/c1-4-8-17(11-13-6-7-13)21(18,19)15-9-14(10-16-5-2)20-12(15)3/h9,13,16H,4-8,10-11H2,1-3H3. The molecular weight excluding hydrogens is 304 g/mol. The minimum atomic E-state index is -3.34. The van der Waals surface area contributed by atoms with Gasteiger partial charge in [-0.05, 0) is 44.7 Å². The predicted octanol–water partition coefficient (Wildman–Crippen LogP) is 2.98. The summed E-state index contributed by atoms with van der Waals surface area (Å²) in [6, 6.07) is 1.85. The van der Waals surface area contributed by atoms with Crippen LogP contribution in [0.5, 0.6) is 0 Å². The summed E-state index contributed by atoms with van der Waals surface area (Å²) < 4.78 is 27.5. The Morgan fingerprint density at radius 1 is 1.38 bits per heavy atom. The summed E-state index contributed by atoms with van der Waals surface area (Å²) in [5.41, 5.74) is 0. The van der Waals surface area contributed by atoms with E-state index in [2.05, 4.69) is 12.2 Å². The lowest BCUT2D eigenvalue weighted by Crippen LogP contribution is -2.33. The van der Waals surface area contributed by atoms with E-state index in [1.165, 1.54) is 12.8 Å². The first-order chi connectivity index (χ1) is 9.98. The molecule has 1 aliphatic carbocycles. The first-order valence-electron chi connectivity index (χ1n) is 7.79. The van der Waals surface area contributed by atoms with Gasteiger partial charge in [0, 0.05) is 29.4 Å². The molecule has 0 unspecified atom stereocenters. The van der Waals surface area contributed by atoms with Gasteiger partial charge >= 0.3 is 0 Å². The molecular formula is C15H26N2O2S2. The van der Waals surface area contributed by atoms with E-state index in [-0.39, 0.29) is 0 Å². The molecule has 6 heteroatoms. The highest BCUT2D eigenvalue weighted by Crippen LogP contribution is 2.33. The van der Waals surface area contributed by atoms with E-state index in [4.69, 9.17) is 0 Å². The van der Waals surface area contributed by atoms with Gasteiger partial charge in [-0.3, -0.25) is 0 Å². The van der Waals surface area contributed by atoms with Crippen molar-refractivity contribution in [3.05, 3.63) is 15.8 Å². The Bertz CT molecular complexity index is 562. The number of nitrogens with zero attached hydrogens (tertiary/aromatic N) is 1. The zero-order valence-corrected chi connectivity index (χ0v) is 14.8. The first kappa shape index (κ1) is 16.9. The predicted molar refractivity (Wildman–Crippen MR) is 88.2 cm³/mol. The fraction of sp³-hybridized carbons (Fsp3) is 0.733. The molecule has 0 radical (unpaired) electrons. The zero-order chi connectivity index (χ0) is 15.5. The summed E-state index contributed by atoms with van der Waals surface area (Å²) in [6.45, 7) is 8.94. The number of rotatable bonds is 9. The van der Waals surface area contributed by atoms with Crippen LogP contribution >= 0.6 is 11.3 Å². The van der Waals surface area contributed by atoms with Crippen molar-refractivity contribution < 1.29 is 8.42 Å². The number of hydrogen-bond donors (Lipinski definition) is 1. The van der Waals surface area contributed by atoms with Crippen molar-refractivity contribution in [2.45, 2.75) is 51.5 Å². The fourth-order valence-electron chi connectivity index (χ4n) is 2.40. The summed E-state index contributed by atoms with van der Waals surface area (Å²) in [5, 5.41) is 3.26. The van der Waals surface area contributed by atoms with E-state index in [0.717, 1.165) is 29.3 Å². The molecule has 0 saturated heterocycles. The van der Waals surface area contributed by atoms with Crippen LogP contribution < -0.4 is 5.32 Å². The minimum Gasteiger partial charge on any atom is -0.312 e. The van der Waals surface area contributed by atoms with Crippen LogP contribution in [0.1, 0.15) is 42.9 Å². The lowest BCUT2D eigenvalue weighted by molar-refractivity contribution is 0.395. The highest BCUT2D eigenvalue weighted by Gasteiger charge is 2.32. The largest absolute Gasteiger partial charge is 0.312 e. The van der Waals surface area contributed by atoms with Gasteiger partial charge in [0.15, 0.2) is 0 Å². The molecule has 0 atom stereocenters. The summed E-state index contributed by atoms with van der Waals surface area (Å²) in [5.74, 6) is 0.575. The Morgan fingerprint density at radius 3 is 2.67 bits per heavy atom. The van der Waals surface area contributed by atoms with Crippen molar-refractivity contribution in [2.24, 2.45) is 5.92 Å². The third-order valence-electron chi connectivity index (χ3n) is 3.72. The van der Waals surface area contributed by atoms with Crippen LogP contribution in [0.15, 0.2) is 11.0 Å². The molecule has 1 aliphatic rings. The van der Waals surface area contributed by atoms with Gasteiger partial charge in [0.1, 0.15) is 0 Å². The van der Waals surface area contributed by atoms with Gasteiger partial charge in [-0.2, -0.15) is 4.31 Å². The second-order valence-electron chi connectivity index (χ2n) is 5.72. The van der Waals surface area contributed by atoms with Crippen molar-refractivity contribution >= 4 is 21.4 Å². The Labute approximate surface area is 132 Å². The summed E-state index contributed by atoms with van der Waals surface area (Å²) >= 11 is 1.58. The molecule has 0 amide bonds. The highest BCUT2D eigenvalue weighted by molar-refractivity contribution is 7.89. The van der Waals surface area contributed by atoms with Gasteiger partial charge in [0.05, 0.1) is 4.90 Å². The van der Waals surface area contributed by atoms with E-state index >= 15 is 0 Å². The second kappa shape index (κ2) is 7.22. The first-order valence-corrected chi connectivity index (χ1v) is 10.0. The molecule has 0 spiro atoms. The van der Waals surface area contributed by atoms with E-state index < -0.39 is 10.0 Å². The van der Waals surface area contributed by atoms with Crippen LogP contribution in [0.2, 0.25) is 0 Å². The lowest BCUT2D eigenvalue weighted by atomic mass is 10.4. The highest BCUT2D eigenvalue weighted by atomic mass is 32.2. The average molecular weight is 331 g/mol. The molecule has 4 nitrogen and oxygen atoms in total. The Hall–Kier alpha value is -0.430. The van der Waals surface area contributed by atoms with Gasteiger partial charge in [0.25, 0.3) is 0 Å². The smallest absolute Gasteiger partial charge is 0.244 e. The molecule has 120 valence electrons. The van der Waals surface area contributed by atoms with Crippen LogP contribution in [-0.4, -0.2) is 32.4 Å². The molecule has 1 heterocycles. The maximum atomic E-state index is 12.9. The zero-order valence-electron chi connectivity index (χ0n) is 13.2. The van der Waals surface area contributed by atoms with Crippen LogP contribution in [-0.2, 0) is 16.6 Å². The maximum Gasteiger partial charge on any atom is 0.244 e. The summed E-state index contributed by atoms with van der Waals surface area (Å²) in [4.78, 5) is 2.50. The molecule has 0 bridgehead atoms. The van der Waals surface area contributed by atoms with Gasteiger partial charge in [-0.25, -0.2) is 8.42 Å². The monoisotopic (exact) mass is 330 g/mol. The van der Waals surface area contributed by atoms with Crippen molar-refractivity contribution in [2.75, 3.05) is 19.6 Å². The molecule has 2 rings (SSSR count). The van der Waals surface area contributed by atoms with Crippen LogP contribution in [0.4, 0.5) is 0 Å². The number of hydrogen-bond acceptors (Lipinski definition) is 4. The number of sulfonamides is 1. The SMILES string of the molecule is CCCN(CC1CC1)S(=O)(=O)c1cc(CNCC)sc1C. The third kappa shape index (κ3) is 4.28. The molecule has 0 aliphatic heterocycles. The fourth-order valence-corrected chi connectivity index (χ4v) is 5.58. The van der Waals surface area contributed by atoms with E-state index in [9.17, 15) is 8.42 Å². The summed E-state index contributed by atoms with van der Waals surface area (Å²) in [6.07, 6.45) is 3.20. The quantitative estimate of drug-likeness (QED) is 0.757. The third-order valence-corrected chi connectivity index (χ3v) is 6.89. The number of aryl methyl sites for hydroxylation is 1.